The Labute approximate surface area is 250 Å². The SMILES string of the molecule is C=C(C)[C@@H]1CC[C@]2(C)Oc3cc(O)cc(C)c3[C@H]1[C@@H]2O.C=C(C)[C@@H]1CC[C@]2(C)Oc3cc(O)cc(C)c3[C@H]1[C@@H]2O.CO. The molecule has 7 heteroatoms. The molecule has 0 saturated heterocycles. The van der Waals surface area contributed by atoms with Crippen LogP contribution in [-0.4, -0.2) is 56.1 Å². The summed E-state index contributed by atoms with van der Waals surface area (Å²) in [6, 6.07) is 6.81. The van der Waals surface area contributed by atoms with Crippen molar-refractivity contribution in [2.75, 3.05) is 7.11 Å². The van der Waals surface area contributed by atoms with Gasteiger partial charge in [0.05, 0.1) is 0 Å². The van der Waals surface area contributed by atoms with Crippen LogP contribution in [0.4, 0.5) is 0 Å². The van der Waals surface area contributed by atoms with Crippen LogP contribution in [0.15, 0.2) is 48.6 Å². The lowest BCUT2D eigenvalue weighted by molar-refractivity contribution is -0.106. The maximum absolute atomic E-state index is 10.8. The molecule has 0 amide bonds. The molecular weight excluding hydrogens is 532 g/mol. The molecule has 7 nitrogen and oxygen atoms in total. The van der Waals surface area contributed by atoms with Crippen LogP contribution < -0.4 is 9.47 Å². The lowest BCUT2D eigenvalue weighted by atomic mass is 9.63. The summed E-state index contributed by atoms with van der Waals surface area (Å²) in [6.07, 6.45) is 2.50. The van der Waals surface area contributed by atoms with Crippen LogP contribution in [0.3, 0.4) is 0 Å². The first kappa shape index (κ1) is 31.9. The first-order valence-corrected chi connectivity index (χ1v) is 14.8. The van der Waals surface area contributed by atoms with Gasteiger partial charge in [0, 0.05) is 42.2 Å². The number of ether oxygens (including phenoxy) is 2. The normalized spacial score (nSPS) is 33.6. The second-order valence-corrected chi connectivity index (χ2v) is 13.1. The summed E-state index contributed by atoms with van der Waals surface area (Å²) < 4.78 is 12.1. The van der Waals surface area contributed by atoms with Gasteiger partial charge in [0.15, 0.2) is 0 Å². The third-order valence-electron chi connectivity index (χ3n) is 9.99. The van der Waals surface area contributed by atoms with E-state index in [-0.39, 0.29) is 35.2 Å². The molecule has 2 aliphatic heterocycles. The van der Waals surface area contributed by atoms with Crippen molar-refractivity contribution in [3.05, 3.63) is 70.8 Å². The molecule has 2 heterocycles. The zero-order valence-corrected chi connectivity index (χ0v) is 26.1. The molecule has 0 spiro atoms. The Balaban J connectivity index is 0.000000182. The number of fused-ring (bicyclic) bond motifs is 8. The zero-order chi connectivity index (χ0) is 31.3. The van der Waals surface area contributed by atoms with Gasteiger partial charge in [-0.2, -0.15) is 0 Å². The van der Waals surface area contributed by atoms with Crippen molar-refractivity contribution in [2.24, 2.45) is 11.8 Å². The molecule has 0 unspecified atom stereocenters. The van der Waals surface area contributed by atoms with Crippen molar-refractivity contribution in [1.29, 1.82) is 0 Å². The summed E-state index contributed by atoms with van der Waals surface area (Å²) in [5, 5.41) is 48.2. The maximum Gasteiger partial charge on any atom is 0.133 e. The van der Waals surface area contributed by atoms with E-state index in [2.05, 4.69) is 13.2 Å². The van der Waals surface area contributed by atoms with Crippen molar-refractivity contribution in [1.82, 2.24) is 0 Å². The second-order valence-electron chi connectivity index (χ2n) is 13.1. The van der Waals surface area contributed by atoms with Gasteiger partial charge in [-0.1, -0.05) is 24.3 Å². The van der Waals surface area contributed by atoms with Crippen LogP contribution in [0.5, 0.6) is 23.0 Å². The van der Waals surface area contributed by atoms with E-state index in [4.69, 9.17) is 14.6 Å². The van der Waals surface area contributed by atoms with Gasteiger partial charge in [-0.3, -0.25) is 0 Å². The van der Waals surface area contributed by atoms with Gasteiger partial charge < -0.3 is 35.0 Å². The first-order valence-electron chi connectivity index (χ1n) is 14.8. The summed E-state index contributed by atoms with van der Waals surface area (Å²) >= 11 is 0. The minimum absolute atomic E-state index is 0.00981. The van der Waals surface area contributed by atoms with Crippen molar-refractivity contribution in [3.8, 4) is 23.0 Å². The number of rotatable bonds is 2. The third kappa shape index (κ3) is 5.31. The molecule has 230 valence electrons. The number of hydrogen-bond acceptors (Lipinski definition) is 7. The maximum atomic E-state index is 10.8. The highest BCUT2D eigenvalue weighted by molar-refractivity contribution is 5.53. The molecule has 4 bridgehead atoms. The molecule has 2 aromatic rings. The van der Waals surface area contributed by atoms with Crippen LogP contribution in [0, 0.1) is 25.7 Å². The Morgan fingerprint density at radius 2 is 1.05 bits per heavy atom. The summed E-state index contributed by atoms with van der Waals surface area (Å²) in [5.41, 5.74) is 5.08. The van der Waals surface area contributed by atoms with Crippen LogP contribution >= 0.6 is 0 Å². The second kappa shape index (κ2) is 11.6. The Morgan fingerprint density at radius 3 is 1.36 bits per heavy atom. The van der Waals surface area contributed by atoms with E-state index in [1.165, 1.54) is 0 Å². The van der Waals surface area contributed by atoms with E-state index < -0.39 is 23.4 Å². The highest BCUT2D eigenvalue weighted by atomic mass is 16.5. The van der Waals surface area contributed by atoms with Gasteiger partial charge >= 0.3 is 0 Å². The fourth-order valence-electron chi connectivity index (χ4n) is 7.81. The summed E-state index contributed by atoms with van der Waals surface area (Å²) in [5.74, 6) is 2.41. The average molecular weight is 581 g/mol. The zero-order valence-electron chi connectivity index (χ0n) is 26.1. The molecule has 2 aliphatic carbocycles. The minimum atomic E-state index is -0.566. The van der Waals surface area contributed by atoms with Crippen molar-refractivity contribution >= 4 is 0 Å². The highest BCUT2D eigenvalue weighted by Gasteiger charge is 2.54. The summed E-state index contributed by atoms with van der Waals surface area (Å²) in [6.45, 7) is 20.1. The molecule has 2 fully saturated rings. The third-order valence-corrected chi connectivity index (χ3v) is 9.99. The highest BCUT2D eigenvalue weighted by Crippen LogP contribution is 2.56. The lowest BCUT2D eigenvalue weighted by Gasteiger charge is -2.51. The number of aryl methyl sites for hydroxylation is 2. The van der Waals surface area contributed by atoms with Gasteiger partial charge in [0.1, 0.15) is 46.4 Å². The number of aliphatic hydroxyl groups is 3. The number of phenols is 2. The van der Waals surface area contributed by atoms with Crippen LogP contribution in [0.25, 0.3) is 0 Å². The summed E-state index contributed by atoms with van der Waals surface area (Å²) in [4.78, 5) is 0. The quantitative estimate of drug-likeness (QED) is 0.269. The molecule has 6 rings (SSSR count). The Hall–Kier alpha value is -3.00. The van der Waals surface area contributed by atoms with Crippen molar-refractivity contribution < 1.29 is 35.0 Å². The Kier molecular flexibility index (Phi) is 8.81. The van der Waals surface area contributed by atoms with Crippen molar-refractivity contribution in [2.45, 2.75) is 102 Å². The van der Waals surface area contributed by atoms with Crippen LogP contribution in [-0.2, 0) is 0 Å². The fraction of sp³-hybridized carbons (Fsp3) is 0.543. The number of benzene rings is 2. The number of aromatic hydroxyl groups is 2. The topological polar surface area (TPSA) is 120 Å². The standard InChI is InChI=1S/2C17H22O3.CH4O/c2*1-9(2)12-5-6-17(4)16(19)15(12)14-10(3)7-11(18)8-13(14)20-17;1-2/h2*7-8,12,15-16,18-19H,1,5-6H2,2-4H3;2H,1H3/t2*12-,15-,16-,17-;/m00./s1. The molecule has 8 atom stereocenters. The Morgan fingerprint density at radius 1 is 0.714 bits per heavy atom. The van der Waals surface area contributed by atoms with Crippen molar-refractivity contribution in [3.63, 3.8) is 0 Å². The number of aliphatic hydroxyl groups excluding tert-OH is 3. The van der Waals surface area contributed by atoms with Crippen LogP contribution in [0.1, 0.15) is 87.5 Å². The van der Waals surface area contributed by atoms with Gasteiger partial charge in [-0.05, 0) is 102 Å². The molecule has 5 N–H and O–H groups in total. The largest absolute Gasteiger partial charge is 0.508 e. The average Bonchev–Trinajstić information content (AvgIpc) is 2.87. The van der Waals surface area contributed by atoms with Gasteiger partial charge in [0.2, 0.25) is 0 Å². The van der Waals surface area contributed by atoms with E-state index >= 15 is 0 Å². The molecule has 4 aliphatic rings. The van der Waals surface area contributed by atoms with Gasteiger partial charge in [-0.15, -0.1) is 0 Å². The van der Waals surface area contributed by atoms with E-state index in [1.807, 2.05) is 41.5 Å². The van der Waals surface area contributed by atoms with E-state index in [0.717, 1.165) is 66.2 Å². The minimum Gasteiger partial charge on any atom is -0.508 e. The van der Waals surface area contributed by atoms with Crippen LogP contribution in [0.2, 0.25) is 0 Å². The molecule has 0 aromatic heterocycles. The monoisotopic (exact) mass is 580 g/mol. The fourth-order valence-corrected chi connectivity index (χ4v) is 7.81. The molecule has 42 heavy (non-hydrogen) atoms. The number of phenolic OH excluding ortho intramolecular Hbond substituents is 2. The lowest BCUT2D eigenvalue weighted by Crippen LogP contribution is -2.56. The van der Waals surface area contributed by atoms with E-state index in [9.17, 15) is 20.4 Å². The predicted molar refractivity (Wildman–Crippen MR) is 164 cm³/mol. The smallest absolute Gasteiger partial charge is 0.133 e. The van der Waals surface area contributed by atoms with E-state index in [1.54, 1.807) is 24.3 Å². The molecule has 2 saturated carbocycles. The van der Waals surface area contributed by atoms with Gasteiger partial charge in [-0.25, -0.2) is 0 Å². The molecule has 2 aromatic carbocycles. The van der Waals surface area contributed by atoms with Gasteiger partial charge in [0.25, 0.3) is 0 Å². The number of allylic oxidation sites excluding steroid dienone is 2. The van der Waals surface area contributed by atoms with E-state index in [0.29, 0.717) is 11.5 Å². The number of hydrogen-bond donors (Lipinski definition) is 5. The Bertz CT molecular complexity index is 1260. The summed E-state index contributed by atoms with van der Waals surface area (Å²) in [7, 11) is 1.00. The predicted octanol–water partition coefficient (Wildman–Crippen LogP) is 6.17. The molecule has 0 radical (unpaired) electrons. The first-order chi connectivity index (χ1) is 19.7. The molecular formula is C35H48O7.